The van der Waals surface area contributed by atoms with Gasteiger partial charge in [-0.3, -0.25) is 4.79 Å². The van der Waals surface area contributed by atoms with Gasteiger partial charge in [0.15, 0.2) is 11.4 Å². The Morgan fingerprint density at radius 1 is 1.53 bits per heavy atom. The van der Waals surface area contributed by atoms with Crippen molar-refractivity contribution in [2.45, 2.75) is 26.2 Å². The molecule has 0 saturated carbocycles. The van der Waals surface area contributed by atoms with Crippen LogP contribution in [0.2, 0.25) is 0 Å². The van der Waals surface area contributed by atoms with Crippen molar-refractivity contribution in [3.05, 3.63) is 30.2 Å². The largest absolute Gasteiger partial charge is 0.493 e. The van der Waals surface area contributed by atoms with Crippen molar-refractivity contribution in [1.29, 1.82) is 0 Å². The third-order valence-corrected chi connectivity index (χ3v) is 2.90. The smallest absolute Gasteiger partial charge is 0.219 e. The molecule has 2 aromatic rings. The number of nitrogens with zero attached hydrogens (tertiary/aromatic N) is 2. The first kappa shape index (κ1) is 13.4. The Kier molecular flexibility index (Phi) is 4.39. The molecule has 1 N–H and O–H groups in total. The number of hydrogen-bond acceptors (Lipinski definition) is 3. The first-order valence-electron chi connectivity index (χ1n) is 6.52. The number of nitrogens with one attached hydrogen (secondary N) is 1. The summed E-state index contributed by atoms with van der Waals surface area (Å²) in [7, 11) is 1.63. The molecule has 2 heterocycles. The number of hydrogen-bond donors (Lipinski definition) is 1. The van der Waals surface area contributed by atoms with Gasteiger partial charge in [-0.15, -0.1) is 0 Å². The number of aromatic nitrogens is 2. The van der Waals surface area contributed by atoms with Crippen LogP contribution in [0, 0.1) is 0 Å². The first-order chi connectivity index (χ1) is 9.24. The summed E-state index contributed by atoms with van der Waals surface area (Å²) in [4.78, 5) is 15.9. The minimum absolute atomic E-state index is 0.101. The highest BCUT2D eigenvalue weighted by atomic mass is 16.5. The van der Waals surface area contributed by atoms with Gasteiger partial charge in [0.05, 0.1) is 12.8 Å². The summed E-state index contributed by atoms with van der Waals surface area (Å²) in [6.45, 7) is 2.61. The number of methoxy groups -OCH3 is 1. The number of fused-ring (bicyclic) bond motifs is 1. The van der Waals surface area contributed by atoms with Gasteiger partial charge in [0.25, 0.3) is 0 Å². The van der Waals surface area contributed by atoms with Crippen molar-refractivity contribution in [2.75, 3.05) is 13.7 Å². The molecule has 5 nitrogen and oxygen atoms in total. The van der Waals surface area contributed by atoms with E-state index >= 15 is 0 Å². The highest BCUT2D eigenvalue weighted by Crippen LogP contribution is 2.18. The number of pyridine rings is 1. The predicted octanol–water partition coefficient (Wildman–Crippen LogP) is 1.80. The highest BCUT2D eigenvalue weighted by molar-refractivity contribution is 5.75. The SMILES string of the molecule is CCCC(=O)NCCc1cn2cccc(OC)c2n1. The molecule has 0 radical (unpaired) electrons. The number of rotatable bonds is 6. The lowest BCUT2D eigenvalue weighted by Crippen LogP contribution is -2.25. The topological polar surface area (TPSA) is 55.6 Å². The van der Waals surface area contributed by atoms with E-state index in [1.165, 1.54) is 0 Å². The maximum atomic E-state index is 11.3. The average Bonchev–Trinajstić information content (AvgIpc) is 2.81. The fraction of sp³-hybridized carbons (Fsp3) is 0.429. The highest BCUT2D eigenvalue weighted by Gasteiger charge is 2.06. The van der Waals surface area contributed by atoms with Crippen LogP contribution in [-0.4, -0.2) is 28.9 Å². The Labute approximate surface area is 112 Å². The lowest BCUT2D eigenvalue weighted by molar-refractivity contribution is -0.121. The number of carbonyl (C=O) groups excluding carboxylic acids is 1. The molecule has 0 saturated heterocycles. The predicted molar refractivity (Wildman–Crippen MR) is 73.4 cm³/mol. The summed E-state index contributed by atoms with van der Waals surface area (Å²) >= 11 is 0. The molecule has 0 aliphatic carbocycles. The van der Waals surface area contributed by atoms with E-state index in [-0.39, 0.29) is 5.91 Å². The average molecular weight is 261 g/mol. The van der Waals surface area contributed by atoms with E-state index in [1.807, 2.05) is 35.9 Å². The van der Waals surface area contributed by atoms with Crippen LogP contribution in [0.25, 0.3) is 5.65 Å². The maximum Gasteiger partial charge on any atom is 0.219 e. The second-order valence-electron chi connectivity index (χ2n) is 4.39. The van der Waals surface area contributed by atoms with Gasteiger partial charge in [-0.25, -0.2) is 4.98 Å². The molecule has 0 unspecified atom stereocenters. The fourth-order valence-corrected chi connectivity index (χ4v) is 1.96. The number of carbonyl (C=O) groups is 1. The lowest BCUT2D eigenvalue weighted by atomic mass is 10.3. The zero-order valence-electron chi connectivity index (χ0n) is 11.3. The molecule has 2 rings (SSSR count). The Hall–Kier alpha value is -2.04. The summed E-state index contributed by atoms with van der Waals surface area (Å²) in [5.41, 5.74) is 1.75. The Morgan fingerprint density at radius 2 is 2.37 bits per heavy atom. The van der Waals surface area contributed by atoms with Crippen molar-refractivity contribution < 1.29 is 9.53 Å². The van der Waals surface area contributed by atoms with Crippen LogP contribution < -0.4 is 10.1 Å². The molecule has 0 fully saturated rings. The molecule has 0 aliphatic rings. The van der Waals surface area contributed by atoms with E-state index in [0.717, 1.165) is 29.9 Å². The van der Waals surface area contributed by atoms with E-state index < -0.39 is 0 Å². The van der Waals surface area contributed by atoms with Crippen LogP contribution >= 0.6 is 0 Å². The monoisotopic (exact) mass is 261 g/mol. The lowest BCUT2D eigenvalue weighted by Gasteiger charge is -2.01. The van der Waals surface area contributed by atoms with Crippen molar-refractivity contribution in [1.82, 2.24) is 14.7 Å². The quantitative estimate of drug-likeness (QED) is 0.862. The van der Waals surface area contributed by atoms with Gasteiger partial charge < -0.3 is 14.5 Å². The molecule has 0 spiro atoms. The van der Waals surface area contributed by atoms with E-state index in [0.29, 0.717) is 13.0 Å². The molecular formula is C14H19N3O2. The molecule has 0 bridgehead atoms. The van der Waals surface area contributed by atoms with Crippen molar-refractivity contribution in [3.63, 3.8) is 0 Å². The van der Waals surface area contributed by atoms with Crippen LogP contribution in [0.4, 0.5) is 0 Å². The fourth-order valence-electron chi connectivity index (χ4n) is 1.96. The Bertz CT molecular complexity index is 563. The van der Waals surface area contributed by atoms with E-state index in [2.05, 4.69) is 10.3 Å². The third kappa shape index (κ3) is 3.24. The normalized spacial score (nSPS) is 10.6. The first-order valence-corrected chi connectivity index (χ1v) is 6.52. The van der Waals surface area contributed by atoms with Crippen molar-refractivity contribution >= 4 is 11.6 Å². The number of ether oxygens (including phenoxy) is 1. The van der Waals surface area contributed by atoms with Crippen LogP contribution in [-0.2, 0) is 11.2 Å². The molecule has 1 amide bonds. The molecule has 2 aromatic heterocycles. The van der Waals surface area contributed by atoms with Gasteiger partial charge in [-0.2, -0.15) is 0 Å². The zero-order chi connectivity index (χ0) is 13.7. The van der Waals surface area contributed by atoms with Gasteiger partial charge >= 0.3 is 0 Å². The second-order valence-corrected chi connectivity index (χ2v) is 4.39. The van der Waals surface area contributed by atoms with Gasteiger partial charge in [0.1, 0.15) is 0 Å². The maximum absolute atomic E-state index is 11.3. The molecule has 0 aliphatic heterocycles. The van der Waals surface area contributed by atoms with Gasteiger partial charge in [0.2, 0.25) is 5.91 Å². The molecule has 0 atom stereocenters. The third-order valence-electron chi connectivity index (χ3n) is 2.90. The van der Waals surface area contributed by atoms with E-state index in [1.54, 1.807) is 7.11 Å². The second kappa shape index (κ2) is 6.22. The Morgan fingerprint density at radius 3 is 3.11 bits per heavy atom. The molecule has 5 heteroatoms. The van der Waals surface area contributed by atoms with Crippen LogP contribution in [0.1, 0.15) is 25.5 Å². The van der Waals surface area contributed by atoms with Crippen LogP contribution in [0.15, 0.2) is 24.5 Å². The van der Waals surface area contributed by atoms with E-state index in [4.69, 9.17) is 4.74 Å². The summed E-state index contributed by atoms with van der Waals surface area (Å²) in [6.07, 6.45) is 6.07. The number of imidazole rings is 1. The standard InChI is InChI=1S/C14H19N3O2/c1-3-5-13(18)15-8-7-11-10-17-9-4-6-12(19-2)14(17)16-11/h4,6,9-10H,3,5,7-8H2,1-2H3,(H,15,18). The summed E-state index contributed by atoms with van der Waals surface area (Å²) in [5.74, 6) is 0.854. The minimum Gasteiger partial charge on any atom is -0.493 e. The van der Waals surface area contributed by atoms with Gasteiger partial charge in [-0.1, -0.05) is 6.92 Å². The van der Waals surface area contributed by atoms with E-state index in [9.17, 15) is 4.79 Å². The van der Waals surface area contributed by atoms with Crippen LogP contribution in [0.3, 0.4) is 0 Å². The summed E-state index contributed by atoms with van der Waals surface area (Å²) < 4.78 is 7.19. The molecule has 102 valence electrons. The minimum atomic E-state index is 0.101. The van der Waals surface area contributed by atoms with Crippen molar-refractivity contribution in [2.24, 2.45) is 0 Å². The zero-order valence-corrected chi connectivity index (χ0v) is 11.3. The van der Waals surface area contributed by atoms with Crippen LogP contribution in [0.5, 0.6) is 5.75 Å². The Balaban J connectivity index is 2.00. The molecule has 19 heavy (non-hydrogen) atoms. The number of amides is 1. The molecule has 0 aromatic carbocycles. The summed E-state index contributed by atoms with van der Waals surface area (Å²) in [6, 6.07) is 3.80. The molecular weight excluding hydrogens is 242 g/mol. The van der Waals surface area contributed by atoms with Gasteiger partial charge in [0, 0.05) is 31.8 Å². The van der Waals surface area contributed by atoms with Gasteiger partial charge in [-0.05, 0) is 18.6 Å². The summed E-state index contributed by atoms with van der Waals surface area (Å²) in [5, 5.41) is 2.89. The van der Waals surface area contributed by atoms with Crippen molar-refractivity contribution in [3.8, 4) is 5.75 Å².